The number of piperazine rings is 1. The second-order valence-electron chi connectivity index (χ2n) is 4.76. The van der Waals surface area contributed by atoms with Crippen molar-refractivity contribution in [2.24, 2.45) is 0 Å². The highest BCUT2D eigenvalue weighted by Crippen LogP contribution is 2.22. The molecule has 0 saturated carbocycles. The number of rotatable bonds is 4. The molecule has 20 heavy (non-hydrogen) atoms. The molecule has 6 heteroatoms. The van der Waals surface area contributed by atoms with Crippen molar-refractivity contribution in [3.05, 3.63) is 29.6 Å². The molecule has 0 aromatic heterocycles. The third-order valence-electron chi connectivity index (χ3n) is 3.48. The van der Waals surface area contributed by atoms with Crippen molar-refractivity contribution in [1.82, 2.24) is 9.80 Å². The number of hydrogen-bond acceptors (Lipinski definition) is 4. The molecule has 1 aliphatic rings. The first-order valence-corrected chi connectivity index (χ1v) is 8.01. The van der Waals surface area contributed by atoms with Gasteiger partial charge in [-0.05, 0) is 18.4 Å². The Morgan fingerprint density at radius 3 is 2.65 bits per heavy atom. The molecule has 2 rings (SSSR count). The van der Waals surface area contributed by atoms with Gasteiger partial charge in [-0.1, -0.05) is 6.07 Å². The van der Waals surface area contributed by atoms with Gasteiger partial charge >= 0.3 is 0 Å². The zero-order valence-electron chi connectivity index (χ0n) is 11.5. The first-order chi connectivity index (χ1) is 9.63. The van der Waals surface area contributed by atoms with E-state index in [0.717, 1.165) is 25.4 Å². The maximum absolute atomic E-state index is 13.7. The predicted octanol–water partition coefficient (Wildman–Crippen LogP) is 1.65. The third kappa shape index (κ3) is 3.43. The van der Waals surface area contributed by atoms with Gasteiger partial charge in [0, 0.05) is 38.5 Å². The van der Waals surface area contributed by atoms with Crippen LogP contribution in [0, 0.1) is 5.82 Å². The first kappa shape index (κ1) is 15.1. The molecule has 0 unspecified atom stereocenters. The van der Waals surface area contributed by atoms with Crippen LogP contribution in [0.5, 0.6) is 5.75 Å². The van der Waals surface area contributed by atoms with Crippen LogP contribution in [0.25, 0.3) is 0 Å². The lowest BCUT2D eigenvalue weighted by atomic mass is 10.1. The first-order valence-electron chi connectivity index (χ1n) is 6.61. The second-order valence-corrected chi connectivity index (χ2v) is 5.75. The summed E-state index contributed by atoms with van der Waals surface area (Å²) in [5.41, 5.74) is -0.218. The Kier molecular flexibility index (Phi) is 5.25. The SMILES string of the molecule is CSCCN1CCN(C(=O)c2c(O)cccc2F)CC1. The predicted molar refractivity (Wildman–Crippen MR) is 78.8 cm³/mol. The van der Waals surface area contributed by atoms with Crippen LogP contribution in [-0.4, -0.2) is 65.5 Å². The molecule has 0 bridgehead atoms. The van der Waals surface area contributed by atoms with Gasteiger partial charge in [0.2, 0.25) is 0 Å². The maximum Gasteiger partial charge on any atom is 0.260 e. The Hall–Kier alpha value is -1.27. The quantitative estimate of drug-likeness (QED) is 0.918. The van der Waals surface area contributed by atoms with E-state index in [1.54, 1.807) is 16.7 Å². The summed E-state index contributed by atoms with van der Waals surface area (Å²) in [7, 11) is 0. The average molecular weight is 298 g/mol. The summed E-state index contributed by atoms with van der Waals surface area (Å²) in [6, 6.07) is 3.93. The monoisotopic (exact) mass is 298 g/mol. The van der Waals surface area contributed by atoms with Gasteiger partial charge in [0.05, 0.1) is 0 Å². The molecule has 1 aromatic rings. The number of thioether (sulfide) groups is 1. The van der Waals surface area contributed by atoms with Crippen molar-refractivity contribution >= 4 is 17.7 Å². The molecular formula is C14H19FN2O2S. The van der Waals surface area contributed by atoms with Gasteiger partial charge in [0.1, 0.15) is 17.1 Å². The number of carbonyl (C=O) groups excluding carboxylic acids is 1. The summed E-state index contributed by atoms with van der Waals surface area (Å²) in [5.74, 6) is -0.313. The number of phenols is 1. The Balaban J connectivity index is 1.98. The summed E-state index contributed by atoms with van der Waals surface area (Å²) in [5, 5.41) is 9.66. The zero-order valence-corrected chi connectivity index (χ0v) is 12.3. The summed E-state index contributed by atoms with van der Waals surface area (Å²) in [6.45, 7) is 3.74. The molecule has 0 aliphatic carbocycles. The number of hydrogen-bond donors (Lipinski definition) is 1. The lowest BCUT2D eigenvalue weighted by Crippen LogP contribution is -2.49. The van der Waals surface area contributed by atoms with E-state index in [-0.39, 0.29) is 11.3 Å². The highest BCUT2D eigenvalue weighted by atomic mass is 32.2. The van der Waals surface area contributed by atoms with Gasteiger partial charge in [-0.2, -0.15) is 11.8 Å². The van der Waals surface area contributed by atoms with Crippen molar-refractivity contribution in [2.75, 3.05) is 44.7 Å². The van der Waals surface area contributed by atoms with Gasteiger partial charge in [-0.15, -0.1) is 0 Å². The van der Waals surface area contributed by atoms with E-state index in [2.05, 4.69) is 11.2 Å². The minimum absolute atomic E-state index is 0.218. The summed E-state index contributed by atoms with van der Waals surface area (Å²) >= 11 is 1.80. The van der Waals surface area contributed by atoms with E-state index >= 15 is 0 Å². The van der Waals surface area contributed by atoms with E-state index in [4.69, 9.17) is 0 Å². The van der Waals surface area contributed by atoms with Gasteiger partial charge in [-0.25, -0.2) is 4.39 Å². The molecule has 1 heterocycles. The Morgan fingerprint density at radius 2 is 2.05 bits per heavy atom. The Labute approximate surface area is 122 Å². The largest absolute Gasteiger partial charge is 0.507 e. The van der Waals surface area contributed by atoms with E-state index < -0.39 is 11.7 Å². The molecule has 0 radical (unpaired) electrons. The molecule has 1 aromatic carbocycles. The Morgan fingerprint density at radius 1 is 1.35 bits per heavy atom. The van der Waals surface area contributed by atoms with Crippen LogP contribution < -0.4 is 0 Å². The normalized spacial score (nSPS) is 16.4. The number of phenolic OH excluding ortho intramolecular Hbond substituents is 1. The van der Waals surface area contributed by atoms with Gasteiger partial charge in [0.25, 0.3) is 5.91 Å². The molecule has 1 saturated heterocycles. The van der Waals surface area contributed by atoms with Crippen LogP contribution >= 0.6 is 11.8 Å². The van der Waals surface area contributed by atoms with Crippen LogP contribution in [0.1, 0.15) is 10.4 Å². The highest BCUT2D eigenvalue weighted by molar-refractivity contribution is 7.98. The number of aromatic hydroxyl groups is 1. The molecule has 1 amide bonds. The Bertz CT molecular complexity index is 456. The topological polar surface area (TPSA) is 43.8 Å². The van der Waals surface area contributed by atoms with Crippen molar-refractivity contribution in [3.8, 4) is 5.75 Å². The summed E-state index contributed by atoms with van der Waals surface area (Å²) in [6.07, 6.45) is 2.07. The molecular weight excluding hydrogens is 279 g/mol. The summed E-state index contributed by atoms with van der Waals surface area (Å²) in [4.78, 5) is 16.2. The van der Waals surface area contributed by atoms with E-state index in [1.807, 2.05) is 0 Å². The lowest BCUT2D eigenvalue weighted by molar-refractivity contribution is 0.0637. The fourth-order valence-corrected chi connectivity index (χ4v) is 2.72. The van der Waals surface area contributed by atoms with Crippen LogP contribution in [0.3, 0.4) is 0 Å². The van der Waals surface area contributed by atoms with Gasteiger partial charge < -0.3 is 10.0 Å². The standard InChI is InChI=1S/C14H19FN2O2S/c1-20-10-9-16-5-7-17(8-6-16)14(19)13-11(15)3-2-4-12(13)18/h2-4,18H,5-10H2,1H3. The average Bonchev–Trinajstić information content (AvgIpc) is 2.45. The van der Waals surface area contributed by atoms with E-state index in [1.165, 1.54) is 18.2 Å². The van der Waals surface area contributed by atoms with Crippen molar-refractivity contribution in [1.29, 1.82) is 0 Å². The zero-order chi connectivity index (χ0) is 14.5. The van der Waals surface area contributed by atoms with Crippen molar-refractivity contribution in [2.45, 2.75) is 0 Å². The van der Waals surface area contributed by atoms with Crippen LogP contribution in [0.2, 0.25) is 0 Å². The van der Waals surface area contributed by atoms with Gasteiger partial charge in [-0.3, -0.25) is 9.69 Å². The molecule has 0 spiro atoms. The minimum Gasteiger partial charge on any atom is -0.507 e. The van der Waals surface area contributed by atoms with Crippen LogP contribution in [-0.2, 0) is 0 Å². The molecule has 110 valence electrons. The number of carbonyl (C=O) groups is 1. The number of nitrogens with zero attached hydrogens (tertiary/aromatic N) is 2. The van der Waals surface area contributed by atoms with E-state index in [0.29, 0.717) is 13.1 Å². The molecule has 1 N–H and O–H groups in total. The second kappa shape index (κ2) is 6.95. The molecule has 1 aliphatic heterocycles. The van der Waals surface area contributed by atoms with Crippen molar-refractivity contribution < 1.29 is 14.3 Å². The molecule has 4 nitrogen and oxygen atoms in total. The number of halogens is 1. The number of amides is 1. The number of benzene rings is 1. The molecule has 1 fully saturated rings. The summed E-state index contributed by atoms with van der Waals surface area (Å²) < 4.78 is 13.7. The van der Waals surface area contributed by atoms with Gasteiger partial charge in [0.15, 0.2) is 0 Å². The van der Waals surface area contributed by atoms with E-state index in [9.17, 15) is 14.3 Å². The molecule has 0 atom stereocenters. The van der Waals surface area contributed by atoms with Crippen LogP contribution in [0.15, 0.2) is 18.2 Å². The fourth-order valence-electron chi connectivity index (χ4n) is 2.28. The third-order valence-corrected chi connectivity index (χ3v) is 4.07. The highest BCUT2D eigenvalue weighted by Gasteiger charge is 2.25. The maximum atomic E-state index is 13.7. The van der Waals surface area contributed by atoms with Crippen molar-refractivity contribution in [3.63, 3.8) is 0 Å². The lowest BCUT2D eigenvalue weighted by Gasteiger charge is -2.34. The minimum atomic E-state index is -0.667. The fraction of sp³-hybridized carbons (Fsp3) is 0.500. The van der Waals surface area contributed by atoms with Crippen LogP contribution in [0.4, 0.5) is 4.39 Å². The smallest absolute Gasteiger partial charge is 0.260 e.